The Morgan fingerprint density at radius 3 is 2.30 bits per heavy atom. The Kier molecular flexibility index (Phi) is 4.89. The van der Waals surface area contributed by atoms with Crippen LogP contribution in [-0.2, 0) is 4.79 Å². The maximum Gasteiger partial charge on any atom is 0.329 e. The van der Waals surface area contributed by atoms with Crippen LogP contribution < -0.4 is 5.32 Å². The number of carboxylic acids is 1. The van der Waals surface area contributed by atoms with Crippen molar-refractivity contribution in [3.63, 3.8) is 0 Å². The van der Waals surface area contributed by atoms with Crippen LogP contribution in [0.2, 0.25) is 0 Å². The molecule has 2 amide bonds. The molecular weight excluding hydrogens is 256 g/mol. The maximum absolute atomic E-state index is 12.2. The lowest BCUT2D eigenvalue weighted by molar-refractivity contribution is -0.144. The molecule has 0 heterocycles. The predicted octanol–water partition coefficient (Wildman–Crippen LogP) is 2.61. The van der Waals surface area contributed by atoms with E-state index in [-0.39, 0.29) is 6.03 Å². The first-order valence-electron chi connectivity index (χ1n) is 7.80. The molecule has 0 atom stereocenters. The molecule has 0 aliphatic heterocycles. The Hall–Kier alpha value is -1.26. The summed E-state index contributed by atoms with van der Waals surface area (Å²) in [6.45, 7) is 0.738. The van der Waals surface area contributed by atoms with Gasteiger partial charge in [0.05, 0.1) is 0 Å². The van der Waals surface area contributed by atoms with Gasteiger partial charge >= 0.3 is 12.0 Å². The van der Waals surface area contributed by atoms with E-state index >= 15 is 0 Å². The van der Waals surface area contributed by atoms with E-state index in [0.717, 1.165) is 19.4 Å². The van der Waals surface area contributed by atoms with Crippen molar-refractivity contribution in [3.05, 3.63) is 0 Å². The van der Waals surface area contributed by atoms with Crippen molar-refractivity contribution in [1.82, 2.24) is 10.2 Å². The lowest BCUT2D eigenvalue weighted by Gasteiger charge is -2.31. The number of carbonyl (C=O) groups excluding carboxylic acids is 1. The summed E-state index contributed by atoms with van der Waals surface area (Å²) >= 11 is 0. The highest BCUT2D eigenvalue weighted by Gasteiger charge is 2.43. The van der Waals surface area contributed by atoms with Gasteiger partial charge in [-0.25, -0.2) is 9.59 Å². The van der Waals surface area contributed by atoms with Gasteiger partial charge in [-0.3, -0.25) is 0 Å². The number of nitrogens with one attached hydrogen (secondary N) is 1. The van der Waals surface area contributed by atoms with E-state index in [0.29, 0.717) is 18.8 Å². The van der Waals surface area contributed by atoms with Crippen molar-refractivity contribution in [2.45, 2.75) is 63.3 Å². The van der Waals surface area contributed by atoms with E-state index in [1.807, 2.05) is 0 Å². The second kappa shape index (κ2) is 6.46. The zero-order valence-electron chi connectivity index (χ0n) is 12.4. The molecule has 0 saturated heterocycles. The number of carbonyl (C=O) groups is 2. The molecule has 2 aliphatic rings. The number of nitrogens with zero attached hydrogens (tertiary/aromatic N) is 1. The summed E-state index contributed by atoms with van der Waals surface area (Å²) in [4.78, 5) is 25.3. The number of amides is 2. The van der Waals surface area contributed by atoms with Gasteiger partial charge in [-0.05, 0) is 31.6 Å². The molecule has 2 fully saturated rings. The molecule has 0 aromatic carbocycles. The number of carboxylic acid groups (broad SMARTS) is 1. The first kappa shape index (κ1) is 15.1. The molecule has 0 spiro atoms. The van der Waals surface area contributed by atoms with Gasteiger partial charge in [0.25, 0.3) is 0 Å². The Balaban J connectivity index is 1.87. The van der Waals surface area contributed by atoms with Crippen molar-refractivity contribution in [3.8, 4) is 0 Å². The van der Waals surface area contributed by atoms with Crippen molar-refractivity contribution in [2.75, 3.05) is 13.6 Å². The highest BCUT2D eigenvalue weighted by molar-refractivity contribution is 5.86. The fourth-order valence-corrected chi connectivity index (χ4v) is 3.51. The Morgan fingerprint density at radius 2 is 1.75 bits per heavy atom. The Morgan fingerprint density at radius 1 is 1.15 bits per heavy atom. The molecule has 0 radical (unpaired) electrons. The monoisotopic (exact) mass is 282 g/mol. The van der Waals surface area contributed by atoms with E-state index in [9.17, 15) is 14.7 Å². The van der Waals surface area contributed by atoms with E-state index in [1.165, 1.54) is 32.1 Å². The van der Waals surface area contributed by atoms with E-state index in [4.69, 9.17) is 0 Å². The third-order valence-corrected chi connectivity index (χ3v) is 4.82. The molecule has 0 unspecified atom stereocenters. The largest absolute Gasteiger partial charge is 0.480 e. The first-order chi connectivity index (χ1) is 9.53. The fourth-order valence-electron chi connectivity index (χ4n) is 3.51. The van der Waals surface area contributed by atoms with Crippen LogP contribution >= 0.6 is 0 Å². The van der Waals surface area contributed by atoms with Crippen LogP contribution in [0, 0.1) is 5.92 Å². The van der Waals surface area contributed by atoms with Crippen LogP contribution in [0.5, 0.6) is 0 Å². The van der Waals surface area contributed by atoms with E-state index < -0.39 is 11.5 Å². The summed E-state index contributed by atoms with van der Waals surface area (Å²) < 4.78 is 0. The molecule has 2 rings (SSSR count). The van der Waals surface area contributed by atoms with Crippen LogP contribution in [-0.4, -0.2) is 41.1 Å². The summed E-state index contributed by atoms with van der Waals surface area (Å²) in [6.07, 6.45) is 9.00. The summed E-state index contributed by atoms with van der Waals surface area (Å²) in [5, 5.41) is 12.2. The average Bonchev–Trinajstić information content (AvgIpc) is 2.89. The van der Waals surface area contributed by atoms with Gasteiger partial charge in [-0.1, -0.05) is 32.1 Å². The number of hydrogen-bond donors (Lipinski definition) is 2. The molecule has 5 nitrogen and oxygen atoms in total. The molecule has 5 heteroatoms. The molecule has 0 aromatic rings. The normalized spacial score (nSPS) is 22.4. The van der Waals surface area contributed by atoms with Crippen molar-refractivity contribution >= 4 is 12.0 Å². The fraction of sp³-hybridized carbons (Fsp3) is 0.867. The van der Waals surface area contributed by atoms with Gasteiger partial charge < -0.3 is 15.3 Å². The van der Waals surface area contributed by atoms with Crippen LogP contribution in [0.25, 0.3) is 0 Å². The summed E-state index contributed by atoms with van der Waals surface area (Å²) in [6, 6.07) is -0.236. The lowest BCUT2D eigenvalue weighted by atomic mass is 9.89. The smallest absolute Gasteiger partial charge is 0.329 e. The highest BCUT2D eigenvalue weighted by Crippen LogP contribution is 2.30. The molecular formula is C15H26N2O3. The zero-order chi connectivity index (χ0) is 14.6. The minimum absolute atomic E-state index is 0.236. The van der Waals surface area contributed by atoms with E-state index in [1.54, 1.807) is 11.9 Å². The minimum Gasteiger partial charge on any atom is -0.480 e. The second-order valence-corrected chi connectivity index (χ2v) is 6.41. The number of aliphatic carboxylic acids is 1. The molecule has 2 aliphatic carbocycles. The summed E-state index contributed by atoms with van der Waals surface area (Å²) in [7, 11) is 1.77. The van der Waals surface area contributed by atoms with Gasteiger partial charge in [0.15, 0.2) is 0 Å². The van der Waals surface area contributed by atoms with Gasteiger partial charge in [0.1, 0.15) is 5.54 Å². The Bertz CT molecular complexity index is 358. The van der Waals surface area contributed by atoms with Gasteiger partial charge in [-0.15, -0.1) is 0 Å². The quantitative estimate of drug-likeness (QED) is 0.832. The topological polar surface area (TPSA) is 69.6 Å². The molecule has 20 heavy (non-hydrogen) atoms. The standard InChI is InChI=1S/C15H26N2O3/c1-17(11-12-7-3-2-4-8-12)14(20)16-15(13(18)19)9-5-6-10-15/h12H,2-11H2,1H3,(H,16,20)(H,18,19). The van der Waals surface area contributed by atoms with Crippen LogP contribution in [0.3, 0.4) is 0 Å². The van der Waals surface area contributed by atoms with Crippen molar-refractivity contribution in [1.29, 1.82) is 0 Å². The van der Waals surface area contributed by atoms with Crippen LogP contribution in [0.4, 0.5) is 4.79 Å². The Labute approximate surface area is 120 Å². The van der Waals surface area contributed by atoms with Gasteiger partial charge in [-0.2, -0.15) is 0 Å². The second-order valence-electron chi connectivity index (χ2n) is 6.41. The number of hydrogen-bond acceptors (Lipinski definition) is 2. The third kappa shape index (κ3) is 3.44. The third-order valence-electron chi connectivity index (χ3n) is 4.82. The van der Waals surface area contributed by atoms with Gasteiger partial charge in [0, 0.05) is 13.6 Å². The number of rotatable bonds is 4. The number of urea groups is 1. The molecule has 114 valence electrons. The van der Waals surface area contributed by atoms with E-state index in [2.05, 4.69) is 5.32 Å². The maximum atomic E-state index is 12.2. The minimum atomic E-state index is -1.03. The summed E-state index contributed by atoms with van der Waals surface area (Å²) in [5.41, 5.74) is -1.03. The molecule has 2 N–H and O–H groups in total. The molecule has 0 aromatic heterocycles. The zero-order valence-corrected chi connectivity index (χ0v) is 12.4. The van der Waals surface area contributed by atoms with Crippen LogP contribution in [0.1, 0.15) is 57.8 Å². The predicted molar refractivity (Wildman–Crippen MR) is 76.6 cm³/mol. The summed E-state index contributed by atoms with van der Waals surface area (Å²) in [5.74, 6) is -0.321. The van der Waals surface area contributed by atoms with Crippen molar-refractivity contribution in [2.24, 2.45) is 5.92 Å². The first-order valence-corrected chi connectivity index (χ1v) is 7.80. The molecule has 2 saturated carbocycles. The van der Waals surface area contributed by atoms with Gasteiger partial charge in [0.2, 0.25) is 0 Å². The van der Waals surface area contributed by atoms with Crippen molar-refractivity contribution < 1.29 is 14.7 Å². The van der Waals surface area contributed by atoms with Crippen LogP contribution in [0.15, 0.2) is 0 Å². The highest BCUT2D eigenvalue weighted by atomic mass is 16.4. The molecule has 0 bridgehead atoms. The average molecular weight is 282 g/mol. The SMILES string of the molecule is CN(CC1CCCCC1)C(=O)NC1(C(=O)O)CCCC1. The lowest BCUT2D eigenvalue weighted by Crippen LogP contribution is -2.56.